The Morgan fingerprint density at radius 2 is 1.41 bits per heavy atom. The molecule has 0 aliphatic rings. The van der Waals surface area contributed by atoms with Gasteiger partial charge in [-0.15, -0.1) is 0 Å². The molecule has 0 saturated carbocycles. The largest absolute Gasteiger partial charge is 0.399 e. The van der Waals surface area contributed by atoms with E-state index in [9.17, 15) is 0 Å². The summed E-state index contributed by atoms with van der Waals surface area (Å²) in [6.07, 6.45) is 0. The van der Waals surface area contributed by atoms with Crippen LogP contribution >= 0.6 is 0 Å². The van der Waals surface area contributed by atoms with Crippen molar-refractivity contribution in [3.8, 4) is 5.69 Å². The predicted octanol–water partition coefficient (Wildman–Crippen LogP) is 4.92. The molecule has 2 N–H and O–H groups in total. The Balaban J connectivity index is 2.23. The Morgan fingerprint density at radius 1 is 0.818 bits per heavy atom. The molecule has 3 aromatic carbocycles. The van der Waals surface area contributed by atoms with E-state index in [1.54, 1.807) is 12.1 Å². The smallest absolute Gasteiger partial charge is 0.210 e. The first-order valence-electron chi connectivity index (χ1n) is 7.05. The van der Waals surface area contributed by atoms with E-state index in [2.05, 4.69) is 33.7 Å². The van der Waals surface area contributed by atoms with Crippen LogP contribution in [0.2, 0.25) is 0 Å². The number of benzene rings is 3. The van der Waals surface area contributed by atoms with Gasteiger partial charge in [0.05, 0.1) is 23.3 Å². The zero-order valence-corrected chi connectivity index (χ0v) is 11.8. The molecule has 0 radical (unpaired) electrons. The minimum absolute atomic E-state index is 0.598. The first-order chi connectivity index (χ1) is 10.8. The Labute approximate surface area is 128 Å². The first kappa shape index (κ1) is 12.5. The van der Waals surface area contributed by atoms with Crippen LogP contribution < -0.4 is 5.73 Å². The highest BCUT2D eigenvalue weighted by atomic mass is 15.0. The molecule has 0 spiro atoms. The van der Waals surface area contributed by atoms with Crippen molar-refractivity contribution < 1.29 is 0 Å². The second-order valence-corrected chi connectivity index (χ2v) is 5.23. The van der Waals surface area contributed by atoms with Gasteiger partial charge < -0.3 is 10.3 Å². The number of hydrogen-bond acceptors (Lipinski definition) is 1. The lowest BCUT2D eigenvalue weighted by molar-refractivity contribution is 1.19. The summed E-state index contributed by atoms with van der Waals surface area (Å²) in [5.41, 5.74) is 10.2. The molecule has 0 amide bonds. The molecule has 0 unspecified atom stereocenters. The fraction of sp³-hybridized carbons (Fsp3) is 0. The maximum absolute atomic E-state index is 7.44. The minimum atomic E-state index is 0.598. The van der Waals surface area contributed by atoms with Crippen molar-refractivity contribution in [2.45, 2.75) is 0 Å². The van der Waals surface area contributed by atoms with Crippen molar-refractivity contribution in [1.29, 1.82) is 0 Å². The molecular weight excluding hydrogens is 270 g/mol. The van der Waals surface area contributed by atoms with Crippen LogP contribution in [0.5, 0.6) is 0 Å². The number of rotatable bonds is 1. The van der Waals surface area contributed by atoms with Gasteiger partial charge in [0.2, 0.25) is 5.69 Å². The molecule has 0 aliphatic carbocycles. The van der Waals surface area contributed by atoms with Gasteiger partial charge in [0.25, 0.3) is 0 Å². The Bertz CT molecular complexity index is 998. The van der Waals surface area contributed by atoms with Crippen molar-refractivity contribution in [3.05, 3.63) is 78.1 Å². The molecule has 3 heteroatoms. The molecule has 0 atom stereocenters. The lowest BCUT2D eigenvalue weighted by Gasteiger charge is -2.10. The number of nitrogen functional groups attached to an aromatic ring is 1. The number of hydrogen-bond donors (Lipinski definition) is 1. The SMILES string of the molecule is [C-]#[N+]c1ccc(N)cc1-n1c2ccccc2c2ccccc21. The van der Waals surface area contributed by atoms with Gasteiger partial charge in [-0.1, -0.05) is 42.5 Å². The second kappa shape index (κ2) is 4.64. The minimum Gasteiger partial charge on any atom is -0.399 e. The highest BCUT2D eigenvalue weighted by Gasteiger charge is 2.14. The van der Waals surface area contributed by atoms with Crippen molar-refractivity contribution >= 4 is 33.2 Å². The van der Waals surface area contributed by atoms with Gasteiger partial charge in [-0.2, -0.15) is 0 Å². The standard InChI is InChI=1S/C19H13N3/c1-21-16-11-10-13(20)12-19(16)22-17-8-4-2-6-14(17)15-7-3-5-9-18(15)22/h2-12H,20H2. The zero-order valence-electron chi connectivity index (χ0n) is 11.8. The first-order valence-corrected chi connectivity index (χ1v) is 7.05. The fourth-order valence-electron chi connectivity index (χ4n) is 3.00. The summed E-state index contributed by atoms with van der Waals surface area (Å²) in [5, 5.41) is 2.35. The van der Waals surface area contributed by atoms with E-state index < -0.39 is 0 Å². The molecule has 1 heterocycles. The molecule has 0 aliphatic heterocycles. The highest BCUT2D eigenvalue weighted by molar-refractivity contribution is 6.09. The Kier molecular flexibility index (Phi) is 2.64. The molecule has 0 fully saturated rings. The summed E-state index contributed by atoms with van der Waals surface area (Å²) in [7, 11) is 0. The van der Waals surface area contributed by atoms with Gasteiger partial charge in [0.1, 0.15) is 0 Å². The van der Waals surface area contributed by atoms with Crippen LogP contribution in [-0.4, -0.2) is 4.57 Å². The van der Waals surface area contributed by atoms with Crippen LogP contribution in [0.15, 0.2) is 66.7 Å². The monoisotopic (exact) mass is 283 g/mol. The summed E-state index contributed by atoms with van der Waals surface area (Å²) in [5.74, 6) is 0. The summed E-state index contributed by atoms with van der Waals surface area (Å²) < 4.78 is 2.12. The van der Waals surface area contributed by atoms with Crippen LogP contribution in [0, 0.1) is 6.57 Å². The van der Waals surface area contributed by atoms with E-state index in [1.165, 1.54) is 10.8 Å². The van der Waals surface area contributed by atoms with E-state index in [4.69, 9.17) is 12.3 Å². The highest BCUT2D eigenvalue weighted by Crippen LogP contribution is 2.35. The molecule has 104 valence electrons. The summed E-state index contributed by atoms with van der Waals surface area (Å²) in [6.45, 7) is 7.44. The van der Waals surface area contributed by atoms with Gasteiger partial charge in [-0.05, 0) is 24.3 Å². The van der Waals surface area contributed by atoms with E-state index in [-0.39, 0.29) is 0 Å². The average Bonchev–Trinajstić information content (AvgIpc) is 2.89. The molecule has 3 nitrogen and oxygen atoms in total. The molecule has 0 saturated heterocycles. The lowest BCUT2D eigenvalue weighted by Crippen LogP contribution is -1.96. The van der Waals surface area contributed by atoms with Crippen LogP contribution in [0.3, 0.4) is 0 Å². The number of aromatic nitrogens is 1. The predicted molar refractivity (Wildman–Crippen MR) is 91.5 cm³/mol. The van der Waals surface area contributed by atoms with Gasteiger partial charge in [0.15, 0.2) is 0 Å². The number of nitrogens with zero attached hydrogens (tertiary/aromatic N) is 2. The molecular formula is C19H13N3. The van der Waals surface area contributed by atoms with E-state index in [0.717, 1.165) is 16.7 Å². The van der Waals surface area contributed by atoms with E-state index in [1.807, 2.05) is 30.3 Å². The summed E-state index contributed by atoms with van der Waals surface area (Å²) in [4.78, 5) is 3.65. The maximum atomic E-state index is 7.44. The van der Waals surface area contributed by atoms with Crippen LogP contribution in [0.4, 0.5) is 11.4 Å². The number of nitrogens with two attached hydrogens (primary N) is 1. The van der Waals surface area contributed by atoms with E-state index >= 15 is 0 Å². The fourth-order valence-corrected chi connectivity index (χ4v) is 3.00. The van der Waals surface area contributed by atoms with Crippen molar-refractivity contribution in [2.75, 3.05) is 5.73 Å². The molecule has 4 aromatic rings. The van der Waals surface area contributed by atoms with Crippen molar-refractivity contribution in [1.82, 2.24) is 4.57 Å². The average molecular weight is 283 g/mol. The topological polar surface area (TPSA) is 35.3 Å². The second-order valence-electron chi connectivity index (χ2n) is 5.23. The van der Waals surface area contributed by atoms with Gasteiger partial charge in [0, 0.05) is 16.5 Å². The molecule has 0 bridgehead atoms. The third-order valence-electron chi connectivity index (χ3n) is 3.94. The Hall–Kier alpha value is -3.25. The van der Waals surface area contributed by atoms with Crippen LogP contribution in [0.1, 0.15) is 0 Å². The van der Waals surface area contributed by atoms with Gasteiger partial charge in [-0.3, -0.25) is 0 Å². The third kappa shape index (κ3) is 1.68. The zero-order chi connectivity index (χ0) is 15.1. The summed E-state index contributed by atoms with van der Waals surface area (Å²) >= 11 is 0. The number of anilines is 1. The van der Waals surface area contributed by atoms with Crippen LogP contribution in [-0.2, 0) is 0 Å². The van der Waals surface area contributed by atoms with Crippen molar-refractivity contribution in [3.63, 3.8) is 0 Å². The number of para-hydroxylation sites is 2. The lowest BCUT2D eigenvalue weighted by atomic mass is 10.2. The van der Waals surface area contributed by atoms with Crippen molar-refractivity contribution in [2.24, 2.45) is 0 Å². The Morgan fingerprint density at radius 3 is 2.00 bits per heavy atom. The maximum Gasteiger partial charge on any atom is 0.210 e. The third-order valence-corrected chi connectivity index (χ3v) is 3.94. The van der Waals surface area contributed by atoms with Crippen LogP contribution in [0.25, 0.3) is 32.3 Å². The van der Waals surface area contributed by atoms with Gasteiger partial charge in [-0.25, -0.2) is 4.85 Å². The normalized spacial score (nSPS) is 10.9. The molecule has 22 heavy (non-hydrogen) atoms. The molecule has 1 aromatic heterocycles. The number of fused-ring (bicyclic) bond motifs is 3. The van der Waals surface area contributed by atoms with Gasteiger partial charge >= 0.3 is 0 Å². The summed E-state index contributed by atoms with van der Waals surface area (Å²) in [6, 6.07) is 21.9. The quantitative estimate of drug-likeness (QED) is 0.390. The van der Waals surface area contributed by atoms with E-state index in [0.29, 0.717) is 11.4 Å². The molecule has 4 rings (SSSR count).